The van der Waals surface area contributed by atoms with Crippen molar-refractivity contribution in [2.75, 3.05) is 27.5 Å². The Hall–Kier alpha value is -4.01. The van der Waals surface area contributed by atoms with Gasteiger partial charge < -0.3 is 10.1 Å². The first-order valence-electron chi connectivity index (χ1n) is 12.6. The Morgan fingerprint density at radius 2 is 1.43 bits per heavy atom. The summed E-state index contributed by atoms with van der Waals surface area (Å²) in [7, 11) is -8.13. The lowest BCUT2D eigenvalue weighted by Crippen LogP contribution is -2.38. The van der Waals surface area contributed by atoms with Gasteiger partial charge in [0.15, 0.2) is 0 Å². The number of aromatic nitrogens is 2. The third-order valence-corrected chi connectivity index (χ3v) is 9.44. The molecule has 3 aromatic carbocycles. The molecule has 220 valence electrons. The number of benzene rings is 3. The van der Waals surface area contributed by atoms with E-state index >= 15 is 0 Å². The SMILES string of the molecule is CCOc1ccc(N(CC(=O)Nc2ccc(S(=O)(=O)Nc3nc(C)cc(C)n3)cc2)S(=O)(=O)c2ccc(Br)cc2)cc1. The second-order valence-electron chi connectivity index (χ2n) is 9.04. The van der Waals surface area contributed by atoms with Crippen LogP contribution >= 0.6 is 15.9 Å². The summed E-state index contributed by atoms with van der Waals surface area (Å²) in [6.45, 7) is 5.19. The van der Waals surface area contributed by atoms with Crippen LogP contribution in [-0.4, -0.2) is 45.9 Å². The van der Waals surface area contributed by atoms with Crippen LogP contribution in [0.2, 0.25) is 0 Å². The molecule has 0 aliphatic heterocycles. The number of halogens is 1. The van der Waals surface area contributed by atoms with E-state index in [-0.39, 0.29) is 27.1 Å². The van der Waals surface area contributed by atoms with E-state index in [0.29, 0.717) is 28.2 Å². The number of anilines is 3. The van der Waals surface area contributed by atoms with Gasteiger partial charge in [0.05, 0.1) is 22.1 Å². The van der Waals surface area contributed by atoms with Crippen molar-refractivity contribution < 1.29 is 26.4 Å². The van der Waals surface area contributed by atoms with Crippen molar-refractivity contribution in [3.05, 3.63) is 94.7 Å². The van der Waals surface area contributed by atoms with Crippen LogP contribution in [0.3, 0.4) is 0 Å². The monoisotopic (exact) mass is 673 g/mol. The molecule has 1 amide bonds. The molecule has 0 atom stereocenters. The molecule has 4 rings (SSSR count). The fraction of sp³-hybridized carbons (Fsp3) is 0.179. The van der Waals surface area contributed by atoms with Crippen LogP contribution in [0.25, 0.3) is 0 Å². The van der Waals surface area contributed by atoms with E-state index in [2.05, 4.69) is 35.9 Å². The third-order valence-electron chi connectivity index (χ3n) is 5.78. The number of nitrogens with zero attached hydrogens (tertiary/aromatic N) is 3. The van der Waals surface area contributed by atoms with E-state index in [0.717, 1.165) is 4.31 Å². The highest BCUT2D eigenvalue weighted by atomic mass is 79.9. The highest BCUT2D eigenvalue weighted by Gasteiger charge is 2.27. The number of carbonyl (C=O) groups is 1. The van der Waals surface area contributed by atoms with Crippen LogP contribution in [0, 0.1) is 13.8 Å². The van der Waals surface area contributed by atoms with Gasteiger partial charge in [-0.25, -0.2) is 31.5 Å². The van der Waals surface area contributed by atoms with Crippen molar-refractivity contribution in [2.24, 2.45) is 0 Å². The minimum atomic E-state index is -4.13. The molecule has 0 spiro atoms. The predicted molar refractivity (Wildman–Crippen MR) is 164 cm³/mol. The van der Waals surface area contributed by atoms with Crippen LogP contribution in [-0.2, 0) is 24.8 Å². The first kappa shape index (κ1) is 30.9. The van der Waals surface area contributed by atoms with Crippen LogP contribution < -0.4 is 19.1 Å². The summed E-state index contributed by atoms with van der Waals surface area (Å²) in [6.07, 6.45) is 0. The fourth-order valence-corrected chi connectivity index (χ4v) is 6.55. The van der Waals surface area contributed by atoms with Gasteiger partial charge in [0.25, 0.3) is 20.0 Å². The molecule has 1 heterocycles. The molecule has 0 fully saturated rings. The Bertz CT molecular complexity index is 1760. The summed E-state index contributed by atoms with van der Waals surface area (Å²) in [6, 6.07) is 19.6. The summed E-state index contributed by atoms with van der Waals surface area (Å²) in [5.74, 6) is -0.131. The van der Waals surface area contributed by atoms with E-state index < -0.39 is 32.5 Å². The number of hydrogen-bond acceptors (Lipinski definition) is 8. The van der Waals surface area contributed by atoms with Crippen molar-refractivity contribution in [1.82, 2.24) is 9.97 Å². The molecule has 0 aliphatic carbocycles. The first-order chi connectivity index (χ1) is 19.9. The normalized spacial score (nSPS) is 11.5. The standard InChI is InChI=1S/C28H28BrN5O6S2/c1-4-40-24-11-9-23(10-12-24)34(42(38,39)26-13-5-21(29)6-14-26)18-27(35)32-22-7-15-25(16-8-22)41(36,37)33-28-30-19(2)17-20(3)31-28/h5-17H,4,18H2,1-3H3,(H,32,35)(H,30,31,33). The van der Waals surface area contributed by atoms with Gasteiger partial charge in [-0.05, 0) is 99.6 Å². The number of sulfonamides is 2. The van der Waals surface area contributed by atoms with Gasteiger partial charge in [-0.3, -0.25) is 9.10 Å². The molecule has 14 heteroatoms. The number of aryl methyl sites for hydroxylation is 2. The van der Waals surface area contributed by atoms with Gasteiger partial charge in [-0.15, -0.1) is 0 Å². The second kappa shape index (κ2) is 12.9. The molecule has 0 bridgehead atoms. The molecule has 0 unspecified atom stereocenters. The predicted octanol–water partition coefficient (Wildman–Crippen LogP) is 4.89. The highest BCUT2D eigenvalue weighted by molar-refractivity contribution is 9.10. The Morgan fingerprint density at radius 1 is 0.857 bits per heavy atom. The molecule has 1 aromatic heterocycles. The summed E-state index contributed by atoms with van der Waals surface area (Å²) in [5, 5.41) is 2.63. The summed E-state index contributed by atoms with van der Waals surface area (Å²) in [4.78, 5) is 21.2. The van der Waals surface area contributed by atoms with Crippen LogP contribution in [0.1, 0.15) is 18.3 Å². The van der Waals surface area contributed by atoms with Crippen molar-refractivity contribution in [3.63, 3.8) is 0 Å². The van der Waals surface area contributed by atoms with E-state index in [9.17, 15) is 21.6 Å². The lowest BCUT2D eigenvalue weighted by molar-refractivity contribution is -0.114. The van der Waals surface area contributed by atoms with Gasteiger partial charge in [-0.2, -0.15) is 0 Å². The van der Waals surface area contributed by atoms with E-state index in [1.54, 1.807) is 56.3 Å². The Morgan fingerprint density at radius 3 is 2.00 bits per heavy atom. The van der Waals surface area contributed by atoms with Crippen LogP contribution in [0.4, 0.5) is 17.3 Å². The number of nitrogens with one attached hydrogen (secondary N) is 2. The van der Waals surface area contributed by atoms with Gasteiger partial charge in [-0.1, -0.05) is 15.9 Å². The molecule has 2 N–H and O–H groups in total. The Labute approximate surface area is 253 Å². The minimum absolute atomic E-state index is 0.00206. The molecule has 0 radical (unpaired) electrons. The number of carbonyl (C=O) groups excluding carboxylic acids is 1. The minimum Gasteiger partial charge on any atom is -0.494 e. The molecular formula is C28H28BrN5O6S2. The maximum Gasteiger partial charge on any atom is 0.264 e. The summed E-state index contributed by atoms with van der Waals surface area (Å²) >= 11 is 3.30. The molecular weight excluding hydrogens is 646 g/mol. The van der Waals surface area contributed by atoms with Crippen molar-refractivity contribution >= 4 is 59.2 Å². The van der Waals surface area contributed by atoms with E-state index in [1.807, 2.05) is 6.92 Å². The topological polar surface area (TPSA) is 148 Å². The number of amides is 1. The van der Waals surface area contributed by atoms with E-state index in [1.165, 1.54) is 36.4 Å². The van der Waals surface area contributed by atoms with Gasteiger partial charge >= 0.3 is 0 Å². The lowest BCUT2D eigenvalue weighted by Gasteiger charge is -2.24. The summed E-state index contributed by atoms with van der Waals surface area (Å²) in [5.41, 5.74) is 1.76. The maximum atomic E-state index is 13.6. The molecule has 0 aliphatic rings. The zero-order valence-electron chi connectivity index (χ0n) is 22.9. The second-order valence-corrected chi connectivity index (χ2v) is 13.5. The molecule has 0 saturated carbocycles. The van der Waals surface area contributed by atoms with Crippen molar-refractivity contribution in [1.29, 1.82) is 0 Å². The first-order valence-corrected chi connectivity index (χ1v) is 16.4. The molecule has 11 nitrogen and oxygen atoms in total. The molecule has 4 aromatic rings. The highest BCUT2D eigenvalue weighted by Crippen LogP contribution is 2.27. The maximum absolute atomic E-state index is 13.6. The molecule has 42 heavy (non-hydrogen) atoms. The number of ether oxygens (including phenoxy) is 1. The smallest absolute Gasteiger partial charge is 0.264 e. The van der Waals surface area contributed by atoms with Crippen molar-refractivity contribution in [2.45, 2.75) is 30.6 Å². The Balaban J connectivity index is 1.53. The largest absolute Gasteiger partial charge is 0.494 e. The van der Waals surface area contributed by atoms with Gasteiger partial charge in [0.2, 0.25) is 11.9 Å². The zero-order chi connectivity index (χ0) is 30.5. The summed E-state index contributed by atoms with van der Waals surface area (Å²) < 4.78 is 62.4. The number of hydrogen-bond donors (Lipinski definition) is 2. The quantitative estimate of drug-likeness (QED) is 0.229. The fourth-order valence-electron chi connectivity index (χ4n) is 3.92. The van der Waals surface area contributed by atoms with Gasteiger partial charge in [0, 0.05) is 21.5 Å². The Kier molecular flexibility index (Phi) is 9.49. The van der Waals surface area contributed by atoms with Crippen molar-refractivity contribution in [3.8, 4) is 5.75 Å². The van der Waals surface area contributed by atoms with Crippen LogP contribution in [0.15, 0.2) is 93.1 Å². The average Bonchev–Trinajstić information content (AvgIpc) is 2.92. The average molecular weight is 675 g/mol. The van der Waals surface area contributed by atoms with E-state index in [4.69, 9.17) is 4.74 Å². The number of rotatable bonds is 11. The zero-order valence-corrected chi connectivity index (χ0v) is 26.1. The third kappa shape index (κ3) is 7.63. The molecule has 0 saturated heterocycles. The van der Waals surface area contributed by atoms with Crippen LogP contribution in [0.5, 0.6) is 5.75 Å². The van der Waals surface area contributed by atoms with Gasteiger partial charge in [0.1, 0.15) is 12.3 Å². The lowest BCUT2D eigenvalue weighted by atomic mass is 10.3.